The van der Waals surface area contributed by atoms with E-state index >= 15 is 0 Å². The van der Waals surface area contributed by atoms with Gasteiger partial charge < -0.3 is 9.84 Å². The van der Waals surface area contributed by atoms with E-state index in [9.17, 15) is 9.50 Å². The van der Waals surface area contributed by atoms with Crippen molar-refractivity contribution in [2.45, 2.75) is 44.6 Å². The first-order valence-electron chi connectivity index (χ1n) is 7.18. The number of aliphatic hydroxyl groups excluding tert-OH is 1. The molecule has 0 bridgehead atoms. The van der Waals surface area contributed by atoms with Crippen molar-refractivity contribution < 1.29 is 14.2 Å². The summed E-state index contributed by atoms with van der Waals surface area (Å²) in [6, 6.07) is 6.55. The van der Waals surface area contributed by atoms with E-state index in [2.05, 4.69) is 0 Å². The Bertz CT molecular complexity index is 478. The minimum absolute atomic E-state index is 0.122. The van der Waals surface area contributed by atoms with Crippen molar-refractivity contribution >= 4 is 0 Å². The molecule has 1 aromatic rings. The van der Waals surface area contributed by atoms with Gasteiger partial charge in [0, 0.05) is 5.56 Å². The summed E-state index contributed by atoms with van der Waals surface area (Å²) >= 11 is 0. The molecule has 0 aromatic heterocycles. The molecule has 0 spiro atoms. The maximum Gasteiger partial charge on any atom is 0.170 e. The van der Waals surface area contributed by atoms with E-state index in [-0.39, 0.29) is 17.7 Å². The Morgan fingerprint density at radius 2 is 2.10 bits per heavy atom. The van der Waals surface area contributed by atoms with Crippen molar-refractivity contribution in [3.8, 4) is 11.8 Å². The number of nitriles is 1. The van der Waals surface area contributed by atoms with Crippen LogP contribution in [-0.4, -0.2) is 11.7 Å². The second-order valence-corrected chi connectivity index (χ2v) is 5.35. The molecule has 2 rings (SSSR count). The molecule has 1 aliphatic rings. The van der Waals surface area contributed by atoms with Crippen LogP contribution in [0.4, 0.5) is 4.39 Å². The maximum absolute atomic E-state index is 14.2. The van der Waals surface area contributed by atoms with Crippen LogP contribution in [0.2, 0.25) is 0 Å². The molecule has 4 heteroatoms. The highest BCUT2D eigenvalue weighted by molar-refractivity contribution is 5.32. The molecule has 108 valence electrons. The van der Waals surface area contributed by atoms with E-state index in [1.54, 1.807) is 12.1 Å². The van der Waals surface area contributed by atoms with Crippen LogP contribution in [0, 0.1) is 23.1 Å². The van der Waals surface area contributed by atoms with Crippen LogP contribution in [0.1, 0.15) is 50.2 Å². The number of halogens is 1. The minimum Gasteiger partial charge on any atom is -0.490 e. The van der Waals surface area contributed by atoms with Gasteiger partial charge in [0.25, 0.3) is 0 Å². The predicted molar refractivity (Wildman–Crippen MR) is 73.7 cm³/mol. The van der Waals surface area contributed by atoms with Crippen molar-refractivity contribution in [1.29, 1.82) is 5.26 Å². The molecule has 20 heavy (non-hydrogen) atoms. The summed E-state index contributed by atoms with van der Waals surface area (Å²) in [5, 5.41) is 18.3. The van der Waals surface area contributed by atoms with Gasteiger partial charge in [0.1, 0.15) is 0 Å². The van der Waals surface area contributed by atoms with Crippen molar-refractivity contribution in [1.82, 2.24) is 0 Å². The molecule has 1 fully saturated rings. The van der Waals surface area contributed by atoms with Crippen molar-refractivity contribution in [3.05, 3.63) is 29.6 Å². The van der Waals surface area contributed by atoms with Gasteiger partial charge in [-0.3, -0.25) is 0 Å². The van der Waals surface area contributed by atoms with E-state index < -0.39 is 11.9 Å². The Hall–Kier alpha value is -1.60. The fourth-order valence-electron chi connectivity index (χ4n) is 2.65. The van der Waals surface area contributed by atoms with Gasteiger partial charge in [-0.25, -0.2) is 4.39 Å². The fraction of sp³-hybridized carbons (Fsp3) is 0.562. The lowest BCUT2D eigenvalue weighted by molar-refractivity contribution is 0.173. The average molecular weight is 277 g/mol. The van der Waals surface area contributed by atoms with Gasteiger partial charge in [-0.2, -0.15) is 5.26 Å². The molecule has 0 radical (unpaired) electrons. The molecule has 1 aliphatic carbocycles. The number of benzene rings is 1. The molecule has 1 saturated carbocycles. The smallest absolute Gasteiger partial charge is 0.170 e. The van der Waals surface area contributed by atoms with Crippen molar-refractivity contribution in [3.63, 3.8) is 0 Å². The molecule has 0 amide bonds. The predicted octanol–water partition coefficient (Wildman–Crippen LogP) is 3.73. The summed E-state index contributed by atoms with van der Waals surface area (Å²) in [6.07, 6.45) is 4.77. The number of aliphatic hydroxyl groups is 1. The Morgan fingerprint density at radius 1 is 1.35 bits per heavy atom. The lowest BCUT2D eigenvalue weighted by Gasteiger charge is -2.22. The van der Waals surface area contributed by atoms with Gasteiger partial charge in [-0.1, -0.05) is 31.4 Å². The average Bonchev–Trinajstić information content (AvgIpc) is 2.47. The molecule has 1 aromatic carbocycles. The van der Waals surface area contributed by atoms with Gasteiger partial charge in [-0.05, 0) is 24.8 Å². The number of nitrogens with zero attached hydrogens (tertiary/aromatic N) is 1. The molecular weight excluding hydrogens is 257 g/mol. The lowest BCUT2D eigenvalue weighted by atomic mass is 9.90. The molecule has 1 unspecified atom stereocenters. The third kappa shape index (κ3) is 3.71. The summed E-state index contributed by atoms with van der Waals surface area (Å²) in [7, 11) is 0. The third-order valence-electron chi connectivity index (χ3n) is 3.84. The first-order valence-corrected chi connectivity index (χ1v) is 7.18. The summed E-state index contributed by atoms with van der Waals surface area (Å²) in [4.78, 5) is 0. The quantitative estimate of drug-likeness (QED) is 0.892. The Labute approximate surface area is 119 Å². The summed E-state index contributed by atoms with van der Waals surface area (Å²) in [5.74, 6) is 0.118. The number of hydrogen-bond donors (Lipinski definition) is 1. The van der Waals surface area contributed by atoms with Gasteiger partial charge >= 0.3 is 0 Å². The number of hydrogen-bond acceptors (Lipinski definition) is 3. The van der Waals surface area contributed by atoms with E-state index in [1.165, 1.54) is 25.3 Å². The van der Waals surface area contributed by atoms with Crippen LogP contribution < -0.4 is 4.74 Å². The topological polar surface area (TPSA) is 53.2 Å². The third-order valence-corrected chi connectivity index (χ3v) is 3.84. The van der Waals surface area contributed by atoms with E-state index in [0.717, 1.165) is 12.8 Å². The van der Waals surface area contributed by atoms with E-state index in [1.807, 2.05) is 6.07 Å². The SMILES string of the molecule is N#CCC(O)c1cccc(OCC2CCCCC2)c1F. The molecule has 1 atom stereocenters. The van der Waals surface area contributed by atoms with Gasteiger partial charge in [0.15, 0.2) is 11.6 Å². The Morgan fingerprint density at radius 3 is 2.80 bits per heavy atom. The first kappa shape index (κ1) is 14.8. The van der Waals surface area contributed by atoms with Gasteiger partial charge in [0.05, 0.1) is 25.2 Å². The van der Waals surface area contributed by atoms with Gasteiger partial charge in [-0.15, -0.1) is 0 Å². The molecular formula is C16H20FNO2. The number of ether oxygens (including phenoxy) is 1. The van der Waals surface area contributed by atoms with Crippen LogP contribution in [0.3, 0.4) is 0 Å². The molecule has 0 heterocycles. The van der Waals surface area contributed by atoms with Gasteiger partial charge in [0.2, 0.25) is 0 Å². The monoisotopic (exact) mass is 277 g/mol. The second-order valence-electron chi connectivity index (χ2n) is 5.35. The highest BCUT2D eigenvalue weighted by atomic mass is 19.1. The standard InChI is InChI=1S/C16H20FNO2/c17-16-13(14(19)9-10-18)7-4-8-15(16)20-11-12-5-2-1-3-6-12/h4,7-8,12,14,19H,1-3,5-6,9,11H2. The largest absolute Gasteiger partial charge is 0.490 e. The van der Waals surface area contributed by atoms with E-state index in [0.29, 0.717) is 12.5 Å². The summed E-state index contributed by atoms with van der Waals surface area (Å²) in [6.45, 7) is 0.523. The summed E-state index contributed by atoms with van der Waals surface area (Å²) < 4.78 is 19.8. The zero-order valence-corrected chi connectivity index (χ0v) is 11.5. The number of rotatable bonds is 5. The minimum atomic E-state index is -1.10. The molecule has 0 saturated heterocycles. The lowest BCUT2D eigenvalue weighted by Crippen LogP contribution is -2.16. The highest BCUT2D eigenvalue weighted by Gasteiger charge is 2.18. The second kappa shape index (κ2) is 7.25. The molecule has 0 aliphatic heterocycles. The zero-order chi connectivity index (χ0) is 14.4. The highest BCUT2D eigenvalue weighted by Crippen LogP contribution is 2.29. The molecule has 3 nitrogen and oxygen atoms in total. The summed E-state index contributed by atoms with van der Waals surface area (Å²) in [5.41, 5.74) is 0.132. The normalized spacial score (nSPS) is 17.4. The van der Waals surface area contributed by atoms with E-state index in [4.69, 9.17) is 10.00 Å². The van der Waals surface area contributed by atoms with Crippen LogP contribution in [0.5, 0.6) is 5.75 Å². The van der Waals surface area contributed by atoms with Crippen LogP contribution in [0.15, 0.2) is 18.2 Å². The van der Waals surface area contributed by atoms with Crippen LogP contribution >= 0.6 is 0 Å². The molecule has 1 N–H and O–H groups in total. The first-order chi connectivity index (χ1) is 9.72. The fourth-order valence-corrected chi connectivity index (χ4v) is 2.65. The van der Waals surface area contributed by atoms with Crippen molar-refractivity contribution in [2.75, 3.05) is 6.61 Å². The maximum atomic E-state index is 14.2. The van der Waals surface area contributed by atoms with Crippen LogP contribution in [0.25, 0.3) is 0 Å². The van der Waals surface area contributed by atoms with Crippen LogP contribution in [-0.2, 0) is 0 Å². The van der Waals surface area contributed by atoms with Crippen molar-refractivity contribution in [2.24, 2.45) is 5.92 Å². The Balaban J connectivity index is 2.01. The Kier molecular flexibility index (Phi) is 5.37. The zero-order valence-electron chi connectivity index (χ0n) is 11.5.